The van der Waals surface area contributed by atoms with Crippen molar-refractivity contribution in [1.82, 2.24) is 7.96 Å². The van der Waals surface area contributed by atoms with Crippen molar-refractivity contribution in [3.63, 3.8) is 0 Å². The van der Waals surface area contributed by atoms with Crippen molar-refractivity contribution < 1.29 is 0 Å². The van der Waals surface area contributed by atoms with Gasteiger partial charge in [-0.15, -0.1) is 0 Å². The van der Waals surface area contributed by atoms with Crippen LogP contribution in [0.15, 0.2) is 37.0 Å². The summed E-state index contributed by atoms with van der Waals surface area (Å²) in [5.41, 5.74) is 3.26. The Labute approximate surface area is 83.2 Å². The van der Waals surface area contributed by atoms with Crippen LogP contribution in [0.5, 0.6) is 0 Å². The van der Waals surface area contributed by atoms with E-state index in [1.54, 1.807) is 0 Å². The number of hydrogen-bond acceptors (Lipinski definition) is 2. The molecular weight excluding hydrogens is 227 g/mol. The second-order valence-corrected chi connectivity index (χ2v) is 3.79. The zero-order valence-corrected chi connectivity index (χ0v) is 8.69. The van der Waals surface area contributed by atoms with E-state index < -0.39 is 0 Å². The topological polar surface area (TPSA) is 25.8 Å². The molecule has 1 aromatic carbocycles. The molecule has 0 bridgehead atoms. The minimum absolute atomic E-state index is 0.0758. The van der Waals surface area contributed by atoms with Gasteiger partial charge >= 0.3 is 82.9 Å². The van der Waals surface area contributed by atoms with Crippen LogP contribution in [0.25, 0.3) is 17.3 Å². The predicted octanol–water partition coefficient (Wildman–Crippen LogP) is 1.84. The van der Waals surface area contributed by atoms with E-state index in [0.29, 0.717) is 0 Å². The Morgan fingerprint density at radius 2 is 2.00 bits per heavy atom. The monoisotopic (exact) mass is 236 g/mol. The summed E-state index contributed by atoms with van der Waals surface area (Å²) in [4.78, 5) is 0. The van der Waals surface area contributed by atoms with Crippen LogP contribution in [0.1, 0.15) is 5.56 Å². The van der Waals surface area contributed by atoms with Gasteiger partial charge in [0.15, 0.2) is 0 Å². The molecule has 2 aromatic rings. The molecule has 13 heavy (non-hydrogen) atoms. The average molecular weight is 235 g/mol. The standard InChI is InChI=1S/C10H8N2Se/c1-2-8-3-5-9(6-4-8)10-7-11-13-12-10/h2-7H,1H2. The van der Waals surface area contributed by atoms with E-state index in [1.165, 1.54) is 0 Å². The summed E-state index contributed by atoms with van der Waals surface area (Å²) in [6.07, 6.45) is 3.67. The Morgan fingerprint density at radius 1 is 1.23 bits per heavy atom. The molecule has 0 unspecified atom stereocenters. The minimum atomic E-state index is 0.0758. The van der Waals surface area contributed by atoms with Gasteiger partial charge in [0.25, 0.3) is 0 Å². The van der Waals surface area contributed by atoms with Crippen LogP contribution >= 0.6 is 0 Å². The molecule has 2 nitrogen and oxygen atoms in total. The van der Waals surface area contributed by atoms with Crippen LogP contribution in [0.2, 0.25) is 0 Å². The summed E-state index contributed by atoms with van der Waals surface area (Å²) in [6.45, 7) is 3.70. The fourth-order valence-corrected chi connectivity index (χ4v) is 1.99. The molecule has 2 rings (SSSR count). The van der Waals surface area contributed by atoms with Crippen molar-refractivity contribution in [3.8, 4) is 11.3 Å². The van der Waals surface area contributed by atoms with Crippen LogP contribution < -0.4 is 0 Å². The molecule has 1 heterocycles. The molecule has 0 fully saturated rings. The molecule has 0 saturated heterocycles. The van der Waals surface area contributed by atoms with Crippen molar-refractivity contribution in [1.29, 1.82) is 0 Å². The molecule has 0 atom stereocenters. The molecule has 1 aromatic heterocycles. The van der Waals surface area contributed by atoms with Gasteiger partial charge < -0.3 is 0 Å². The van der Waals surface area contributed by atoms with Gasteiger partial charge in [0, 0.05) is 0 Å². The average Bonchev–Trinajstić information content (AvgIpc) is 2.71. The van der Waals surface area contributed by atoms with Crippen molar-refractivity contribution in [2.75, 3.05) is 0 Å². The van der Waals surface area contributed by atoms with Gasteiger partial charge in [-0.2, -0.15) is 0 Å². The Morgan fingerprint density at radius 3 is 2.54 bits per heavy atom. The van der Waals surface area contributed by atoms with E-state index in [4.69, 9.17) is 0 Å². The Kier molecular flexibility index (Phi) is 2.39. The maximum absolute atomic E-state index is 4.29. The summed E-state index contributed by atoms with van der Waals surface area (Å²) < 4.78 is 8.39. The number of benzene rings is 1. The zero-order valence-electron chi connectivity index (χ0n) is 6.97. The summed E-state index contributed by atoms with van der Waals surface area (Å²) in [7, 11) is 0. The van der Waals surface area contributed by atoms with Gasteiger partial charge in [-0.25, -0.2) is 0 Å². The molecule has 0 saturated carbocycles. The molecule has 0 aliphatic rings. The molecule has 3 heteroatoms. The van der Waals surface area contributed by atoms with Gasteiger partial charge in [-0.3, -0.25) is 0 Å². The van der Waals surface area contributed by atoms with Crippen LogP contribution in [0, 0.1) is 0 Å². The summed E-state index contributed by atoms with van der Waals surface area (Å²) in [5.74, 6) is 0. The van der Waals surface area contributed by atoms with E-state index in [1.807, 2.05) is 36.5 Å². The van der Waals surface area contributed by atoms with E-state index in [9.17, 15) is 0 Å². The molecule has 0 radical (unpaired) electrons. The Hall–Kier alpha value is -1.18. The Balaban J connectivity index is 2.38. The second-order valence-electron chi connectivity index (χ2n) is 2.62. The third-order valence-corrected chi connectivity index (χ3v) is 2.81. The van der Waals surface area contributed by atoms with E-state index in [2.05, 4.69) is 14.5 Å². The molecule has 0 aliphatic heterocycles. The molecule has 0 N–H and O–H groups in total. The Bertz CT molecular complexity index is 389. The summed E-state index contributed by atoms with van der Waals surface area (Å²) in [6, 6.07) is 8.15. The summed E-state index contributed by atoms with van der Waals surface area (Å²) in [5, 5.41) is 0. The zero-order chi connectivity index (χ0) is 9.10. The van der Waals surface area contributed by atoms with Gasteiger partial charge in [-0.1, -0.05) is 0 Å². The van der Waals surface area contributed by atoms with Gasteiger partial charge in [0.2, 0.25) is 0 Å². The number of aromatic nitrogens is 2. The number of nitrogens with zero attached hydrogens (tertiary/aromatic N) is 2. The van der Waals surface area contributed by atoms with Gasteiger partial charge in [-0.05, 0) is 0 Å². The van der Waals surface area contributed by atoms with Gasteiger partial charge in [0.05, 0.1) is 0 Å². The van der Waals surface area contributed by atoms with Crippen molar-refractivity contribution >= 4 is 21.0 Å². The fourth-order valence-electron chi connectivity index (χ4n) is 1.08. The summed E-state index contributed by atoms with van der Waals surface area (Å²) >= 11 is 0.0758. The molecular formula is C10H8N2Se. The van der Waals surface area contributed by atoms with Crippen LogP contribution in [-0.2, 0) is 0 Å². The van der Waals surface area contributed by atoms with E-state index >= 15 is 0 Å². The maximum atomic E-state index is 4.29. The van der Waals surface area contributed by atoms with E-state index in [-0.39, 0.29) is 15.0 Å². The number of hydrogen-bond donors (Lipinski definition) is 0. The molecule has 0 spiro atoms. The molecule has 0 amide bonds. The van der Waals surface area contributed by atoms with E-state index in [0.717, 1.165) is 16.8 Å². The van der Waals surface area contributed by atoms with Gasteiger partial charge in [0.1, 0.15) is 0 Å². The first-order valence-electron chi connectivity index (χ1n) is 3.90. The predicted molar refractivity (Wildman–Crippen MR) is 54.5 cm³/mol. The first-order valence-corrected chi connectivity index (χ1v) is 5.44. The third kappa shape index (κ3) is 1.77. The van der Waals surface area contributed by atoms with Crippen molar-refractivity contribution in [2.24, 2.45) is 0 Å². The number of rotatable bonds is 2. The normalized spacial score (nSPS) is 9.85. The first kappa shape index (κ1) is 8.42. The van der Waals surface area contributed by atoms with Crippen LogP contribution in [0.3, 0.4) is 0 Å². The SMILES string of the molecule is C=Cc1ccc(-c2cn[se]n2)cc1. The third-order valence-electron chi connectivity index (χ3n) is 1.80. The van der Waals surface area contributed by atoms with Crippen LogP contribution in [0.4, 0.5) is 0 Å². The van der Waals surface area contributed by atoms with Crippen LogP contribution in [-0.4, -0.2) is 22.9 Å². The van der Waals surface area contributed by atoms with Crippen molar-refractivity contribution in [3.05, 3.63) is 42.6 Å². The second kappa shape index (κ2) is 3.69. The quantitative estimate of drug-likeness (QED) is 0.742. The van der Waals surface area contributed by atoms with Crippen molar-refractivity contribution in [2.45, 2.75) is 0 Å². The molecule has 0 aliphatic carbocycles. The fraction of sp³-hybridized carbons (Fsp3) is 0. The first-order chi connectivity index (χ1) is 6.40. The molecule has 64 valence electrons.